The molecule has 0 amide bonds. The zero-order chi connectivity index (χ0) is 12.0. The number of thioether (sulfide) groups is 1. The van der Waals surface area contributed by atoms with Crippen molar-refractivity contribution in [1.29, 1.82) is 0 Å². The van der Waals surface area contributed by atoms with Crippen LogP contribution in [0.4, 0.5) is 0 Å². The van der Waals surface area contributed by atoms with Gasteiger partial charge in [0.05, 0.1) is 0 Å². The third-order valence-electron chi connectivity index (χ3n) is 2.44. The van der Waals surface area contributed by atoms with Gasteiger partial charge in [-0.3, -0.25) is 0 Å². The van der Waals surface area contributed by atoms with Gasteiger partial charge in [-0.05, 0) is 47.4 Å². The van der Waals surface area contributed by atoms with E-state index in [9.17, 15) is 0 Å². The summed E-state index contributed by atoms with van der Waals surface area (Å²) < 4.78 is 1.19. The fraction of sp³-hybridized carbons (Fsp3) is 0.538. The smallest absolute Gasteiger partial charge is 0.0311 e. The molecule has 90 valence electrons. The van der Waals surface area contributed by atoms with Crippen molar-refractivity contribution in [1.82, 2.24) is 5.32 Å². The molecule has 1 unspecified atom stereocenters. The molecule has 1 aromatic rings. The maximum Gasteiger partial charge on any atom is 0.0311 e. The molecule has 1 aromatic carbocycles. The second kappa shape index (κ2) is 7.36. The zero-order valence-corrected chi connectivity index (χ0v) is 12.6. The van der Waals surface area contributed by atoms with E-state index in [1.165, 1.54) is 15.8 Å². The average molecular weight is 302 g/mol. The van der Waals surface area contributed by atoms with Gasteiger partial charge in [-0.15, -0.1) is 11.8 Å². The van der Waals surface area contributed by atoms with Crippen molar-refractivity contribution in [2.75, 3.05) is 12.8 Å². The van der Waals surface area contributed by atoms with Crippen LogP contribution in [-0.2, 0) is 0 Å². The van der Waals surface area contributed by atoms with Crippen LogP contribution in [0.1, 0.15) is 20.3 Å². The lowest BCUT2D eigenvalue weighted by Crippen LogP contribution is -2.29. The Labute approximate surface area is 112 Å². The van der Waals surface area contributed by atoms with Crippen LogP contribution in [0.3, 0.4) is 0 Å². The molecule has 3 heteroatoms. The minimum Gasteiger partial charge on any atom is -0.316 e. The van der Waals surface area contributed by atoms with Gasteiger partial charge in [-0.1, -0.05) is 26.0 Å². The van der Waals surface area contributed by atoms with Gasteiger partial charge in [-0.2, -0.15) is 0 Å². The SMILES string of the molecule is CNC(CSc1ccccc1Br)CC(C)C. The summed E-state index contributed by atoms with van der Waals surface area (Å²) in [5, 5.41) is 3.39. The van der Waals surface area contributed by atoms with Gasteiger partial charge in [0.2, 0.25) is 0 Å². The summed E-state index contributed by atoms with van der Waals surface area (Å²) in [4.78, 5) is 1.33. The predicted octanol–water partition coefficient (Wildman–Crippen LogP) is 4.18. The van der Waals surface area contributed by atoms with Crippen LogP contribution in [0, 0.1) is 5.92 Å². The Morgan fingerprint density at radius 1 is 1.31 bits per heavy atom. The topological polar surface area (TPSA) is 12.0 Å². The number of hydrogen-bond donors (Lipinski definition) is 1. The van der Waals surface area contributed by atoms with Crippen LogP contribution in [0.2, 0.25) is 0 Å². The molecule has 0 aliphatic rings. The Bertz CT molecular complexity index is 315. The molecule has 0 saturated heterocycles. The summed E-state index contributed by atoms with van der Waals surface area (Å²) in [7, 11) is 2.05. The molecule has 0 aliphatic carbocycles. The molecule has 1 nitrogen and oxygen atoms in total. The summed E-state index contributed by atoms with van der Waals surface area (Å²) in [5.41, 5.74) is 0. The first-order valence-electron chi connectivity index (χ1n) is 5.68. The normalized spacial score (nSPS) is 13.1. The first-order valence-corrected chi connectivity index (χ1v) is 7.46. The lowest BCUT2D eigenvalue weighted by molar-refractivity contribution is 0.474. The number of nitrogens with one attached hydrogen (secondary N) is 1. The van der Waals surface area contributed by atoms with Gasteiger partial charge in [0.15, 0.2) is 0 Å². The molecule has 0 heterocycles. The minimum atomic E-state index is 0.595. The standard InChI is InChI=1S/C13H20BrNS/c1-10(2)8-11(15-3)9-16-13-7-5-4-6-12(13)14/h4-7,10-11,15H,8-9H2,1-3H3. The average Bonchev–Trinajstić information content (AvgIpc) is 2.25. The Morgan fingerprint density at radius 3 is 2.56 bits per heavy atom. The van der Waals surface area contributed by atoms with Crippen molar-refractivity contribution >= 4 is 27.7 Å². The second-order valence-corrected chi connectivity index (χ2v) is 6.27. The Balaban J connectivity index is 2.46. The fourth-order valence-corrected chi connectivity index (χ4v) is 3.28. The molecule has 0 saturated carbocycles. The monoisotopic (exact) mass is 301 g/mol. The number of rotatable bonds is 6. The van der Waals surface area contributed by atoms with E-state index in [4.69, 9.17) is 0 Å². The highest BCUT2D eigenvalue weighted by atomic mass is 79.9. The molecule has 16 heavy (non-hydrogen) atoms. The van der Waals surface area contributed by atoms with Gasteiger partial charge in [-0.25, -0.2) is 0 Å². The quantitative estimate of drug-likeness (QED) is 0.791. The number of benzene rings is 1. The Morgan fingerprint density at radius 2 is 2.00 bits per heavy atom. The van der Waals surface area contributed by atoms with Crippen LogP contribution in [-0.4, -0.2) is 18.8 Å². The van der Waals surface area contributed by atoms with E-state index < -0.39 is 0 Å². The molecule has 0 aromatic heterocycles. The van der Waals surface area contributed by atoms with Gasteiger partial charge in [0.25, 0.3) is 0 Å². The largest absolute Gasteiger partial charge is 0.316 e. The van der Waals surface area contributed by atoms with Crippen LogP contribution in [0.25, 0.3) is 0 Å². The van der Waals surface area contributed by atoms with Crippen molar-refractivity contribution in [2.45, 2.75) is 31.2 Å². The van der Waals surface area contributed by atoms with E-state index >= 15 is 0 Å². The third-order valence-corrected chi connectivity index (χ3v) is 4.63. The highest BCUT2D eigenvalue weighted by Crippen LogP contribution is 2.28. The third kappa shape index (κ3) is 4.89. The van der Waals surface area contributed by atoms with E-state index in [1.54, 1.807) is 0 Å². The van der Waals surface area contributed by atoms with Crippen molar-refractivity contribution in [3.05, 3.63) is 28.7 Å². The maximum atomic E-state index is 3.58. The fourth-order valence-electron chi connectivity index (χ4n) is 1.59. The van der Waals surface area contributed by atoms with Gasteiger partial charge in [0, 0.05) is 21.2 Å². The molecule has 1 atom stereocenters. The molecule has 1 rings (SSSR count). The molecule has 0 fully saturated rings. The second-order valence-electron chi connectivity index (χ2n) is 4.36. The highest BCUT2D eigenvalue weighted by molar-refractivity contribution is 9.10. The Kier molecular flexibility index (Phi) is 6.47. The van der Waals surface area contributed by atoms with Crippen LogP contribution in [0.15, 0.2) is 33.6 Å². The summed E-state index contributed by atoms with van der Waals surface area (Å²) in [5.74, 6) is 1.87. The zero-order valence-electron chi connectivity index (χ0n) is 10.2. The Hall–Kier alpha value is 0.01000. The van der Waals surface area contributed by atoms with Gasteiger partial charge < -0.3 is 5.32 Å². The van der Waals surface area contributed by atoms with Crippen LogP contribution >= 0.6 is 27.7 Å². The molecular weight excluding hydrogens is 282 g/mol. The van der Waals surface area contributed by atoms with E-state index in [1.807, 2.05) is 18.8 Å². The van der Waals surface area contributed by atoms with Crippen molar-refractivity contribution < 1.29 is 0 Å². The molecule has 0 spiro atoms. The van der Waals surface area contributed by atoms with Gasteiger partial charge >= 0.3 is 0 Å². The first kappa shape index (κ1) is 14.1. The van der Waals surface area contributed by atoms with E-state index in [2.05, 4.69) is 59.4 Å². The van der Waals surface area contributed by atoms with Crippen LogP contribution < -0.4 is 5.32 Å². The molecule has 0 radical (unpaired) electrons. The van der Waals surface area contributed by atoms with Crippen LogP contribution in [0.5, 0.6) is 0 Å². The minimum absolute atomic E-state index is 0.595. The summed E-state index contributed by atoms with van der Waals surface area (Å²) in [6, 6.07) is 9.00. The van der Waals surface area contributed by atoms with Crippen molar-refractivity contribution in [3.63, 3.8) is 0 Å². The molecular formula is C13H20BrNS. The number of hydrogen-bond acceptors (Lipinski definition) is 2. The van der Waals surface area contributed by atoms with Gasteiger partial charge in [0.1, 0.15) is 0 Å². The number of halogens is 1. The first-order chi connectivity index (χ1) is 7.63. The van der Waals surface area contributed by atoms with Crippen molar-refractivity contribution in [2.24, 2.45) is 5.92 Å². The highest BCUT2D eigenvalue weighted by Gasteiger charge is 2.09. The summed E-state index contributed by atoms with van der Waals surface area (Å²) >= 11 is 5.49. The summed E-state index contributed by atoms with van der Waals surface area (Å²) in [6.45, 7) is 4.54. The summed E-state index contributed by atoms with van der Waals surface area (Å²) in [6.07, 6.45) is 1.23. The lowest BCUT2D eigenvalue weighted by atomic mass is 10.1. The van der Waals surface area contributed by atoms with E-state index in [0.29, 0.717) is 6.04 Å². The molecule has 0 aliphatic heterocycles. The van der Waals surface area contributed by atoms with E-state index in [0.717, 1.165) is 11.7 Å². The maximum absolute atomic E-state index is 3.58. The predicted molar refractivity (Wildman–Crippen MR) is 77.2 cm³/mol. The van der Waals surface area contributed by atoms with Crippen molar-refractivity contribution in [3.8, 4) is 0 Å². The molecule has 1 N–H and O–H groups in total. The molecule has 0 bridgehead atoms. The van der Waals surface area contributed by atoms with E-state index in [-0.39, 0.29) is 0 Å². The lowest BCUT2D eigenvalue weighted by Gasteiger charge is -2.18.